The van der Waals surface area contributed by atoms with Gasteiger partial charge in [0.2, 0.25) is 0 Å². The maximum atomic E-state index is 14.2. The van der Waals surface area contributed by atoms with Gasteiger partial charge in [0.05, 0.1) is 6.61 Å². The second-order valence-electron chi connectivity index (χ2n) is 6.20. The molecule has 128 valence electrons. The van der Waals surface area contributed by atoms with Crippen molar-refractivity contribution in [2.75, 3.05) is 44.5 Å². The maximum absolute atomic E-state index is 14.2. The number of benzene rings is 1. The van der Waals surface area contributed by atoms with Crippen molar-refractivity contribution in [2.45, 2.75) is 24.5 Å². The summed E-state index contributed by atoms with van der Waals surface area (Å²) < 4.78 is 25.1. The van der Waals surface area contributed by atoms with Gasteiger partial charge in [0.1, 0.15) is 25.0 Å². The number of hydrogen-bond donors (Lipinski definition) is 3. The molecule has 0 bridgehead atoms. The van der Waals surface area contributed by atoms with Gasteiger partial charge >= 0.3 is 0 Å². The first-order valence-electron chi connectivity index (χ1n) is 7.92. The van der Waals surface area contributed by atoms with Gasteiger partial charge in [-0.05, 0) is 38.1 Å². The Hall–Kier alpha value is -1.41. The fourth-order valence-electron chi connectivity index (χ4n) is 2.89. The number of anilines is 1. The zero-order chi connectivity index (χ0) is 16.3. The van der Waals surface area contributed by atoms with E-state index in [2.05, 4.69) is 5.32 Å². The van der Waals surface area contributed by atoms with Crippen molar-refractivity contribution in [3.8, 4) is 5.75 Å². The van der Waals surface area contributed by atoms with E-state index in [-0.39, 0.29) is 25.1 Å². The van der Waals surface area contributed by atoms with E-state index in [0.717, 1.165) is 13.1 Å². The van der Waals surface area contributed by atoms with E-state index in [4.69, 9.17) is 14.6 Å². The van der Waals surface area contributed by atoms with Crippen LogP contribution < -0.4 is 15.0 Å². The summed E-state index contributed by atoms with van der Waals surface area (Å²) in [6.07, 6.45) is 0.962. The Balaban J connectivity index is 1.61. The van der Waals surface area contributed by atoms with E-state index in [9.17, 15) is 9.50 Å². The van der Waals surface area contributed by atoms with Gasteiger partial charge in [-0.15, -0.1) is 0 Å². The molecule has 3 N–H and O–H groups in total. The summed E-state index contributed by atoms with van der Waals surface area (Å²) in [7, 11) is 0. The minimum Gasteiger partial charge on any atom is -0.488 e. The molecule has 1 aromatic rings. The Morgan fingerprint density at radius 3 is 2.83 bits per heavy atom. The second kappa shape index (κ2) is 7.00. The van der Waals surface area contributed by atoms with Gasteiger partial charge in [-0.2, -0.15) is 0 Å². The van der Waals surface area contributed by atoms with Crippen molar-refractivity contribution >= 4 is 5.69 Å². The van der Waals surface area contributed by atoms with Crippen molar-refractivity contribution < 1.29 is 24.1 Å². The molecule has 0 saturated carbocycles. The Morgan fingerprint density at radius 2 is 2.17 bits per heavy atom. The fraction of sp³-hybridized carbons (Fsp3) is 0.625. The molecule has 0 radical (unpaired) electrons. The van der Waals surface area contributed by atoms with Gasteiger partial charge in [0, 0.05) is 18.3 Å². The highest BCUT2D eigenvalue weighted by Gasteiger charge is 2.30. The van der Waals surface area contributed by atoms with E-state index in [1.807, 2.05) is 4.90 Å². The van der Waals surface area contributed by atoms with E-state index in [1.54, 1.807) is 12.1 Å². The second-order valence-corrected chi connectivity index (χ2v) is 6.20. The molecule has 2 aliphatic heterocycles. The molecule has 2 aliphatic rings. The first-order valence-corrected chi connectivity index (χ1v) is 7.92. The van der Waals surface area contributed by atoms with Crippen LogP contribution in [0.3, 0.4) is 0 Å². The predicted molar refractivity (Wildman–Crippen MR) is 83.1 cm³/mol. The summed E-state index contributed by atoms with van der Waals surface area (Å²) in [5, 5.41) is 22.6. The summed E-state index contributed by atoms with van der Waals surface area (Å²) in [6, 6.07) is 4.72. The van der Waals surface area contributed by atoms with Crippen LogP contribution in [0, 0.1) is 5.82 Å². The van der Waals surface area contributed by atoms with E-state index in [0.29, 0.717) is 31.8 Å². The molecule has 0 unspecified atom stereocenters. The molecular weight excluding hydrogens is 303 g/mol. The van der Waals surface area contributed by atoms with Gasteiger partial charge in [-0.1, -0.05) is 0 Å². The van der Waals surface area contributed by atoms with Crippen LogP contribution in [0.2, 0.25) is 0 Å². The van der Waals surface area contributed by atoms with Crippen LogP contribution in [0.5, 0.6) is 5.75 Å². The van der Waals surface area contributed by atoms with Crippen molar-refractivity contribution in [2.24, 2.45) is 0 Å². The first kappa shape index (κ1) is 16.4. The molecule has 1 atom stereocenters. The van der Waals surface area contributed by atoms with Crippen molar-refractivity contribution in [3.05, 3.63) is 24.0 Å². The summed E-state index contributed by atoms with van der Waals surface area (Å²) in [5.74, 6) is -0.327. The van der Waals surface area contributed by atoms with Gasteiger partial charge < -0.3 is 29.9 Å². The highest BCUT2D eigenvalue weighted by Crippen LogP contribution is 2.27. The van der Waals surface area contributed by atoms with Gasteiger partial charge in [-0.25, -0.2) is 4.39 Å². The summed E-state index contributed by atoms with van der Waals surface area (Å²) >= 11 is 0. The summed E-state index contributed by atoms with van der Waals surface area (Å²) in [6.45, 7) is 2.38. The van der Waals surface area contributed by atoms with E-state index < -0.39 is 11.4 Å². The molecule has 0 spiro atoms. The lowest BCUT2D eigenvalue weighted by Crippen LogP contribution is -2.46. The van der Waals surface area contributed by atoms with Gasteiger partial charge in [0.25, 0.3) is 0 Å². The standard InChI is InChI=1S/C16H23FN2O4/c17-14-7-12(19-8-13(9-20)23-11-19)1-2-15(14)22-10-16(21)3-5-18-6-4-16/h1-2,7,13,18,20-21H,3-6,8-11H2/t13-/m1/s1. The zero-order valence-electron chi connectivity index (χ0n) is 13.0. The molecule has 6 nitrogen and oxygen atoms in total. The van der Waals surface area contributed by atoms with E-state index in [1.165, 1.54) is 6.07 Å². The third-order valence-corrected chi connectivity index (χ3v) is 4.40. The predicted octanol–water partition coefficient (Wildman–Crippen LogP) is 0.474. The molecule has 0 aliphatic carbocycles. The SMILES string of the molecule is OC[C@H]1CN(c2ccc(OCC3(O)CCNCC3)c(F)c2)CO1. The number of piperidine rings is 1. The molecule has 3 rings (SSSR count). The molecule has 7 heteroatoms. The van der Waals surface area contributed by atoms with Crippen LogP contribution in [-0.2, 0) is 4.74 Å². The van der Waals surface area contributed by atoms with Crippen molar-refractivity contribution in [1.82, 2.24) is 5.32 Å². The lowest BCUT2D eigenvalue weighted by molar-refractivity contribution is -0.0294. The van der Waals surface area contributed by atoms with Crippen LogP contribution in [0.15, 0.2) is 18.2 Å². The van der Waals surface area contributed by atoms with E-state index >= 15 is 0 Å². The van der Waals surface area contributed by atoms with Crippen LogP contribution in [0.25, 0.3) is 0 Å². The Labute approximate surface area is 134 Å². The summed E-state index contributed by atoms with van der Waals surface area (Å²) in [4.78, 5) is 1.86. The zero-order valence-corrected chi connectivity index (χ0v) is 13.0. The van der Waals surface area contributed by atoms with Crippen LogP contribution >= 0.6 is 0 Å². The topological polar surface area (TPSA) is 74.2 Å². The minimum atomic E-state index is -0.895. The third kappa shape index (κ3) is 3.92. The van der Waals surface area contributed by atoms with Gasteiger partial charge in [0.15, 0.2) is 11.6 Å². The average Bonchev–Trinajstić information content (AvgIpc) is 3.03. The molecule has 2 heterocycles. The Bertz CT molecular complexity index is 537. The Morgan fingerprint density at radius 1 is 1.39 bits per heavy atom. The third-order valence-electron chi connectivity index (χ3n) is 4.40. The minimum absolute atomic E-state index is 0.0480. The number of halogens is 1. The number of nitrogens with one attached hydrogen (secondary N) is 1. The van der Waals surface area contributed by atoms with Crippen molar-refractivity contribution in [1.29, 1.82) is 0 Å². The normalized spacial score (nSPS) is 24.0. The maximum Gasteiger partial charge on any atom is 0.167 e. The molecule has 2 fully saturated rings. The largest absolute Gasteiger partial charge is 0.488 e. The lowest BCUT2D eigenvalue weighted by atomic mass is 9.93. The number of aliphatic hydroxyl groups excluding tert-OH is 1. The monoisotopic (exact) mass is 326 g/mol. The summed E-state index contributed by atoms with van der Waals surface area (Å²) in [5.41, 5.74) is -0.209. The number of nitrogens with zero attached hydrogens (tertiary/aromatic N) is 1. The first-order chi connectivity index (χ1) is 11.1. The highest BCUT2D eigenvalue weighted by molar-refractivity contribution is 5.50. The molecule has 0 amide bonds. The molecular formula is C16H23FN2O4. The number of aliphatic hydroxyl groups is 2. The number of rotatable bonds is 5. The quantitative estimate of drug-likeness (QED) is 0.731. The number of ether oxygens (including phenoxy) is 2. The highest BCUT2D eigenvalue weighted by atomic mass is 19.1. The van der Waals surface area contributed by atoms with Crippen LogP contribution in [0.1, 0.15) is 12.8 Å². The molecule has 1 aromatic carbocycles. The van der Waals surface area contributed by atoms with Crippen LogP contribution in [0.4, 0.5) is 10.1 Å². The fourth-order valence-corrected chi connectivity index (χ4v) is 2.89. The smallest absolute Gasteiger partial charge is 0.167 e. The molecule has 23 heavy (non-hydrogen) atoms. The number of hydrogen-bond acceptors (Lipinski definition) is 6. The Kier molecular flexibility index (Phi) is 5.01. The van der Waals surface area contributed by atoms with Crippen molar-refractivity contribution in [3.63, 3.8) is 0 Å². The molecule has 0 aromatic heterocycles. The van der Waals surface area contributed by atoms with Gasteiger partial charge in [-0.3, -0.25) is 0 Å². The van der Waals surface area contributed by atoms with Crippen LogP contribution in [-0.4, -0.2) is 61.5 Å². The lowest BCUT2D eigenvalue weighted by Gasteiger charge is -2.32. The average molecular weight is 326 g/mol. The molecule has 2 saturated heterocycles.